The number of carbonyl (C=O) groups is 3. The smallest absolute Gasteiger partial charge is 0.288 e. The Kier molecular flexibility index (Phi) is 8.98. The Morgan fingerprint density at radius 1 is 0.588 bits per heavy atom. The molecule has 1 aliphatic rings. The van der Waals surface area contributed by atoms with Crippen LogP contribution in [0.15, 0.2) is 91.0 Å². The molecule has 3 amide bonds. The van der Waals surface area contributed by atoms with E-state index >= 15 is 0 Å². The number of aromatic hydroxyl groups is 3. The van der Waals surface area contributed by atoms with Gasteiger partial charge in [-0.05, 0) is 36.4 Å². The summed E-state index contributed by atoms with van der Waals surface area (Å²) in [6.45, 7) is 0.961. The molecule has 0 unspecified atom stereocenters. The molecule has 0 spiro atoms. The van der Waals surface area contributed by atoms with E-state index in [1.165, 1.54) is 23.2 Å². The molecule has 0 aliphatic carbocycles. The minimum Gasteiger partial charge on any atom is -0.505 e. The molecule has 7 rings (SSSR count). The largest absolute Gasteiger partial charge is 0.505 e. The lowest BCUT2D eigenvalue weighted by Gasteiger charge is -2.44. The van der Waals surface area contributed by atoms with E-state index in [1.807, 2.05) is 0 Å². The molecule has 8 N–H and O–H groups in total. The Labute approximate surface area is 290 Å². The average Bonchev–Trinajstić information content (AvgIpc) is 3.21. The number of hydrogen-bond acceptors (Lipinski definition) is 12. The highest BCUT2D eigenvalue weighted by molar-refractivity contribution is 6.01. The van der Waals surface area contributed by atoms with Crippen LogP contribution in [-0.2, 0) is 0 Å². The molecule has 6 aromatic rings. The number of fused-ring (bicyclic) bond motifs is 3. The van der Waals surface area contributed by atoms with Crippen LogP contribution in [0.1, 0.15) is 31.5 Å². The normalized spacial score (nSPS) is 15.1. The third-order valence-corrected chi connectivity index (χ3v) is 8.47. The van der Waals surface area contributed by atoms with Gasteiger partial charge in [-0.25, -0.2) is 15.0 Å². The van der Waals surface area contributed by atoms with Crippen LogP contribution in [0.4, 0.5) is 0 Å². The van der Waals surface area contributed by atoms with Crippen molar-refractivity contribution in [2.75, 3.05) is 32.7 Å². The number of carbonyl (C=O) groups excluding carboxylic acids is 3. The number of pyridine rings is 3. The van der Waals surface area contributed by atoms with Crippen molar-refractivity contribution in [2.45, 2.75) is 5.79 Å². The average molecular weight is 688 g/mol. The van der Waals surface area contributed by atoms with Crippen LogP contribution in [0.3, 0.4) is 0 Å². The highest BCUT2D eigenvalue weighted by Gasteiger charge is 2.43. The van der Waals surface area contributed by atoms with Gasteiger partial charge in [0, 0.05) is 42.3 Å². The van der Waals surface area contributed by atoms with Crippen molar-refractivity contribution < 1.29 is 29.7 Å². The zero-order chi connectivity index (χ0) is 35.5. The summed E-state index contributed by atoms with van der Waals surface area (Å²) in [7, 11) is 0. The number of hydrogen-bond donors (Lipinski definition) is 8. The van der Waals surface area contributed by atoms with Crippen molar-refractivity contribution in [2.24, 2.45) is 0 Å². The van der Waals surface area contributed by atoms with Crippen LogP contribution in [0.5, 0.6) is 17.2 Å². The predicted molar refractivity (Wildman–Crippen MR) is 188 cm³/mol. The summed E-state index contributed by atoms with van der Waals surface area (Å²) >= 11 is 0. The minimum atomic E-state index is -2.00. The molecule has 3 aromatic heterocycles. The van der Waals surface area contributed by atoms with Crippen molar-refractivity contribution in [3.8, 4) is 17.2 Å². The Hall–Kier alpha value is -6.42. The van der Waals surface area contributed by atoms with E-state index in [4.69, 9.17) is 0 Å². The van der Waals surface area contributed by atoms with Gasteiger partial charge in [-0.1, -0.05) is 54.6 Å². The van der Waals surface area contributed by atoms with Crippen LogP contribution in [-0.4, -0.2) is 91.5 Å². The van der Waals surface area contributed by atoms with Crippen molar-refractivity contribution in [3.05, 3.63) is 108 Å². The number of nitrogens with one attached hydrogen (secondary N) is 5. The van der Waals surface area contributed by atoms with Gasteiger partial charge in [0.1, 0.15) is 17.2 Å². The maximum Gasteiger partial charge on any atom is 0.288 e. The molecule has 258 valence electrons. The summed E-state index contributed by atoms with van der Waals surface area (Å²) in [5.41, 5.74) is 3.07. The van der Waals surface area contributed by atoms with Crippen molar-refractivity contribution >= 4 is 50.4 Å². The Morgan fingerprint density at radius 2 is 1.00 bits per heavy atom. The van der Waals surface area contributed by atoms with Crippen molar-refractivity contribution in [1.82, 2.24) is 46.7 Å². The Bertz CT molecular complexity index is 2220. The zero-order valence-electron chi connectivity index (χ0n) is 27.1. The minimum absolute atomic E-state index is 0.00339. The monoisotopic (exact) mass is 687 g/mol. The third kappa shape index (κ3) is 6.76. The topological polar surface area (TPSA) is 214 Å². The summed E-state index contributed by atoms with van der Waals surface area (Å²) < 4.78 is 0. The maximum absolute atomic E-state index is 14.1. The first-order chi connectivity index (χ1) is 24.7. The molecule has 1 aliphatic heterocycles. The number of amides is 3. The third-order valence-electron chi connectivity index (χ3n) is 8.47. The quantitative estimate of drug-likeness (QED) is 0.118. The zero-order valence-corrected chi connectivity index (χ0v) is 27.1. The van der Waals surface area contributed by atoms with Gasteiger partial charge >= 0.3 is 0 Å². The molecule has 1 fully saturated rings. The van der Waals surface area contributed by atoms with Gasteiger partial charge in [0.25, 0.3) is 17.7 Å². The predicted octanol–water partition coefficient (Wildman–Crippen LogP) is 2.10. The lowest BCUT2D eigenvalue weighted by atomic mass is 10.1. The summed E-state index contributed by atoms with van der Waals surface area (Å²) in [5.74, 6) is -5.85. The summed E-state index contributed by atoms with van der Waals surface area (Å²) in [6, 6.07) is 25.0. The second-order valence-corrected chi connectivity index (χ2v) is 11.9. The molecule has 3 aromatic carbocycles. The van der Waals surface area contributed by atoms with Gasteiger partial charge < -0.3 is 36.6 Å². The van der Waals surface area contributed by atoms with Crippen LogP contribution < -0.4 is 26.7 Å². The van der Waals surface area contributed by atoms with Gasteiger partial charge in [0.2, 0.25) is 5.79 Å². The molecule has 51 heavy (non-hydrogen) atoms. The fourth-order valence-corrected chi connectivity index (χ4v) is 5.94. The molecule has 0 radical (unpaired) electrons. The summed E-state index contributed by atoms with van der Waals surface area (Å²) in [5, 5.41) is 47.7. The number of hydrazine groups is 1. The fourth-order valence-electron chi connectivity index (χ4n) is 5.94. The van der Waals surface area contributed by atoms with Gasteiger partial charge in [0.05, 0.1) is 23.1 Å². The number of aromatic nitrogens is 3. The number of nitrogens with zero attached hydrogens (tertiary/aromatic N) is 4. The highest BCUT2D eigenvalue weighted by Crippen LogP contribution is 2.26. The highest BCUT2D eigenvalue weighted by atomic mass is 16.3. The molecule has 4 heterocycles. The lowest BCUT2D eigenvalue weighted by Crippen LogP contribution is -2.77. The summed E-state index contributed by atoms with van der Waals surface area (Å²) in [6.07, 6.45) is 0. The van der Waals surface area contributed by atoms with Gasteiger partial charge in [-0.15, -0.1) is 0 Å². The standard InChI is InChI=1S/C36H33N9O6/c46-27-17-21-7-1-4-10-24(21)39-30(27)33(49)42-36(43-34(50)31-28(47)18-22-8-2-5-11-25(22)40-31)20-38-14-13-37-15-16-45(36)44-35(51)32-29(48)19-23-9-3-6-12-26(23)41-32/h1-12,17-19,37-38,46-48H,13-16,20H2,(H,42,49)(H,43,50)(H,44,51). The second-order valence-electron chi connectivity index (χ2n) is 11.9. The van der Waals surface area contributed by atoms with E-state index in [0.29, 0.717) is 45.8 Å². The molecule has 0 atom stereocenters. The van der Waals surface area contributed by atoms with Crippen LogP contribution in [0.25, 0.3) is 32.7 Å². The van der Waals surface area contributed by atoms with Gasteiger partial charge in [-0.3, -0.25) is 19.8 Å². The van der Waals surface area contributed by atoms with Crippen molar-refractivity contribution in [1.29, 1.82) is 0 Å². The van der Waals surface area contributed by atoms with Crippen molar-refractivity contribution in [3.63, 3.8) is 0 Å². The molecule has 15 nitrogen and oxygen atoms in total. The van der Waals surface area contributed by atoms with E-state index in [1.54, 1.807) is 72.8 Å². The van der Waals surface area contributed by atoms with Gasteiger partial charge in [-0.2, -0.15) is 5.01 Å². The first-order valence-corrected chi connectivity index (χ1v) is 16.1. The second kappa shape index (κ2) is 13.8. The fraction of sp³-hybridized carbons (Fsp3) is 0.167. The van der Waals surface area contributed by atoms with Crippen LogP contribution >= 0.6 is 0 Å². The maximum atomic E-state index is 14.1. The van der Waals surface area contributed by atoms with E-state index in [0.717, 1.165) is 0 Å². The SMILES string of the molecule is O=C(NN1CCNCCNCC1(NC(=O)c1nc2ccccc2cc1O)NC(=O)c1nc2ccccc2cc1O)c1nc2ccccc2cc1O. The molecule has 1 saturated heterocycles. The van der Waals surface area contributed by atoms with Gasteiger partial charge in [0.15, 0.2) is 17.1 Å². The van der Waals surface area contributed by atoms with E-state index in [9.17, 15) is 29.7 Å². The molecule has 0 bridgehead atoms. The van der Waals surface area contributed by atoms with E-state index < -0.39 is 35.0 Å². The molecule has 0 saturated carbocycles. The number of para-hydroxylation sites is 3. The first-order valence-electron chi connectivity index (χ1n) is 16.1. The van der Waals surface area contributed by atoms with E-state index in [-0.39, 0.29) is 42.5 Å². The Morgan fingerprint density at radius 3 is 1.47 bits per heavy atom. The first kappa shape index (κ1) is 33.1. The van der Waals surface area contributed by atoms with E-state index in [2.05, 4.69) is 41.6 Å². The summed E-state index contributed by atoms with van der Waals surface area (Å²) in [4.78, 5) is 55.3. The van der Waals surface area contributed by atoms with Crippen LogP contribution in [0, 0.1) is 0 Å². The lowest BCUT2D eigenvalue weighted by molar-refractivity contribution is -0.00802. The number of rotatable bonds is 6. The molecular weight excluding hydrogens is 654 g/mol. The number of benzene rings is 3. The molecular formula is C36H33N9O6. The van der Waals surface area contributed by atoms with Crippen LogP contribution in [0.2, 0.25) is 0 Å². The molecule has 15 heteroatoms. The Balaban J connectivity index is 1.32.